The van der Waals surface area contributed by atoms with Gasteiger partial charge < -0.3 is 0 Å². The first-order valence-electron chi connectivity index (χ1n) is 7.45. The number of hydrogen-bond acceptors (Lipinski definition) is 3. The van der Waals surface area contributed by atoms with Crippen molar-refractivity contribution in [3.8, 4) is 27.6 Å². The van der Waals surface area contributed by atoms with Gasteiger partial charge in [0.1, 0.15) is 0 Å². The van der Waals surface area contributed by atoms with Crippen LogP contribution in [0.3, 0.4) is 0 Å². The summed E-state index contributed by atoms with van der Waals surface area (Å²) >= 11 is 1.61. The van der Waals surface area contributed by atoms with E-state index in [9.17, 15) is 0 Å². The predicted molar refractivity (Wildman–Crippen MR) is 94.8 cm³/mol. The van der Waals surface area contributed by atoms with Crippen molar-refractivity contribution in [1.82, 2.24) is 14.8 Å². The van der Waals surface area contributed by atoms with Crippen molar-refractivity contribution in [2.45, 2.75) is 6.92 Å². The molecule has 4 aromatic rings. The lowest BCUT2D eigenvalue weighted by Gasteiger charge is -1.99. The fraction of sp³-hybridized carbons (Fsp3) is 0.0526. The summed E-state index contributed by atoms with van der Waals surface area (Å²) in [7, 11) is 0. The zero-order chi connectivity index (χ0) is 15.6. The van der Waals surface area contributed by atoms with E-state index >= 15 is 0 Å². The molecule has 0 bridgehead atoms. The summed E-state index contributed by atoms with van der Waals surface area (Å²) in [5, 5.41) is 7.69. The molecule has 0 N–H and O–H groups in total. The Bertz CT molecular complexity index is 924. The van der Waals surface area contributed by atoms with Crippen molar-refractivity contribution in [2.24, 2.45) is 0 Å². The number of nitrogens with zero attached hydrogens (tertiary/aromatic N) is 3. The van der Waals surface area contributed by atoms with Crippen molar-refractivity contribution < 1.29 is 0 Å². The topological polar surface area (TPSA) is 30.7 Å². The second-order valence-electron chi connectivity index (χ2n) is 5.33. The van der Waals surface area contributed by atoms with Gasteiger partial charge in [0, 0.05) is 22.2 Å². The van der Waals surface area contributed by atoms with Crippen molar-refractivity contribution in [3.63, 3.8) is 0 Å². The van der Waals surface area contributed by atoms with E-state index in [-0.39, 0.29) is 0 Å². The molecule has 4 heteroatoms. The molecule has 0 radical (unpaired) electrons. The molecule has 0 aliphatic heterocycles. The van der Waals surface area contributed by atoms with Gasteiger partial charge in [-0.25, -0.2) is 9.67 Å². The average Bonchev–Trinajstić information content (AvgIpc) is 3.23. The molecule has 2 aromatic heterocycles. The van der Waals surface area contributed by atoms with Crippen LogP contribution in [-0.2, 0) is 0 Å². The standard InChI is InChI=1S/C19H15N3S/c1-14-12-17(15-8-4-2-5-9-15)21-22(14)19-20-18(13-23-19)16-10-6-3-7-11-16/h2-13H,1H3. The van der Waals surface area contributed by atoms with Gasteiger partial charge in [0.25, 0.3) is 0 Å². The third-order valence-electron chi connectivity index (χ3n) is 3.70. The number of aryl methyl sites for hydroxylation is 1. The zero-order valence-corrected chi connectivity index (χ0v) is 13.5. The predicted octanol–water partition coefficient (Wildman–Crippen LogP) is 4.97. The van der Waals surface area contributed by atoms with Gasteiger partial charge >= 0.3 is 0 Å². The molecule has 3 nitrogen and oxygen atoms in total. The van der Waals surface area contributed by atoms with E-state index in [1.807, 2.05) is 41.1 Å². The molecule has 0 aliphatic rings. The Balaban J connectivity index is 1.72. The fourth-order valence-electron chi connectivity index (χ4n) is 2.52. The lowest BCUT2D eigenvalue weighted by Crippen LogP contribution is -1.98. The minimum atomic E-state index is 0.892. The first-order chi connectivity index (χ1) is 11.3. The number of benzene rings is 2. The molecular weight excluding hydrogens is 302 g/mol. The Hall–Kier alpha value is -2.72. The van der Waals surface area contributed by atoms with Gasteiger partial charge in [-0.05, 0) is 13.0 Å². The highest BCUT2D eigenvalue weighted by atomic mass is 32.1. The van der Waals surface area contributed by atoms with E-state index in [4.69, 9.17) is 10.1 Å². The van der Waals surface area contributed by atoms with Gasteiger partial charge in [0.05, 0.1) is 11.4 Å². The molecule has 4 rings (SSSR count). The molecule has 0 saturated carbocycles. The number of thiazole rings is 1. The van der Waals surface area contributed by atoms with Crippen LogP contribution in [0.15, 0.2) is 72.1 Å². The Kier molecular flexibility index (Phi) is 3.52. The maximum Gasteiger partial charge on any atom is 0.211 e. The SMILES string of the molecule is Cc1cc(-c2ccccc2)nn1-c1nc(-c2ccccc2)cs1. The summed E-state index contributed by atoms with van der Waals surface area (Å²) in [6.07, 6.45) is 0. The van der Waals surface area contributed by atoms with Gasteiger partial charge in [-0.3, -0.25) is 0 Å². The summed E-state index contributed by atoms with van der Waals surface area (Å²) in [5.74, 6) is 0. The maximum atomic E-state index is 4.74. The first-order valence-corrected chi connectivity index (χ1v) is 8.32. The summed E-state index contributed by atoms with van der Waals surface area (Å²) < 4.78 is 1.92. The van der Waals surface area contributed by atoms with Gasteiger partial charge in [-0.1, -0.05) is 60.7 Å². The van der Waals surface area contributed by atoms with E-state index in [1.54, 1.807) is 11.3 Å². The van der Waals surface area contributed by atoms with Crippen molar-refractivity contribution in [1.29, 1.82) is 0 Å². The number of rotatable bonds is 3. The van der Waals surface area contributed by atoms with Crippen LogP contribution < -0.4 is 0 Å². The van der Waals surface area contributed by atoms with Crippen molar-refractivity contribution in [2.75, 3.05) is 0 Å². The lowest BCUT2D eigenvalue weighted by atomic mass is 10.1. The molecule has 0 saturated heterocycles. The van der Waals surface area contributed by atoms with Crippen LogP contribution >= 0.6 is 11.3 Å². The average molecular weight is 317 g/mol. The molecule has 112 valence electrons. The number of aromatic nitrogens is 3. The quantitative estimate of drug-likeness (QED) is 0.534. The molecule has 0 aliphatic carbocycles. The van der Waals surface area contributed by atoms with Crippen molar-refractivity contribution in [3.05, 3.63) is 77.8 Å². The highest BCUT2D eigenvalue weighted by Crippen LogP contribution is 2.26. The van der Waals surface area contributed by atoms with Crippen LogP contribution in [0.2, 0.25) is 0 Å². The highest BCUT2D eigenvalue weighted by Gasteiger charge is 2.11. The fourth-order valence-corrected chi connectivity index (χ4v) is 3.36. The summed E-state index contributed by atoms with van der Waals surface area (Å²) in [6.45, 7) is 2.06. The van der Waals surface area contributed by atoms with Crippen LogP contribution in [-0.4, -0.2) is 14.8 Å². The van der Waals surface area contributed by atoms with Crippen LogP contribution in [0.4, 0.5) is 0 Å². The van der Waals surface area contributed by atoms with E-state index in [0.29, 0.717) is 0 Å². The van der Waals surface area contributed by atoms with Gasteiger partial charge in [0.2, 0.25) is 5.13 Å². The minimum Gasteiger partial charge on any atom is -0.218 e. The molecule has 0 atom stereocenters. The maximum absolute atomic E-state index is 4.74. The second kappa shape index (κ2) is 5.82. The Morgan fingerprint density at radius 2 is 1.43 bits per heavy atom. The van der Waals surface area contributed by atoms with E-state index < -0.39 is 0 Å². The van der Waals surface area contributed by atoms with Crippen LogP contribution in [0.25, 0.3) is 27.6 Å². The first kappa shape index (κ1) is 13.9. The smallest absolute Gasteiger partial charge is 0.211 e. The molecule has 2 aromatic carbocycles. The highest BCUT2D eigenvalue weighted by molar-refractivity contribution is 7.12. The largest absolute Gasteiger partial charge is 0.218 e. The van der Waals surface area contributed by atoms with Crippen LogP contribution in [0, 0.1) is 6.92 Å². The molecule has 0 spiro atoms. The van der Waals surface area contributed by atoms with E-state index in [2.05, 4.69) is 42.6 Å². The van der Waals surface area contributed by atoms with Gasteiger partial charge in [0.15, 0.2) is 0 Å². The molecule has 2 heterocycles. The zero-order valence-electron chi connectivity index (χ0n) is 12.7. The Morgan fingerprint density at radius 1 is 0.826 bits per heavy atom. The molecular formula is C19H15N3S. The van der Waals surface area contributed by atoms with E-state index in [0.717, 1.165) is 33.3 Å². The van der Waals surface area contributed by atoms with Crippen LogP contribution in [0.5, 0.6) is 0 Å². The monoisotopic (exact) mass is 317 g/mol. The number of hydrogen-bond donors (Lipinski definition) is 0. The lowest BCUT2D eigenvalue weighted by molar-refractivity contribution is 0.841. The Labute approximate surface area is 138 Å². The van der Waals surface area contributed by atoms with Gasteiger partial charge in [-0.2, -0.15) is 5.10 Å². The molecule has 23 heavy (non-hydrogen) atoms. The van der Waals surface area contributed by atoms with E-state index in [1.165, 1.54) is 0 Å². The second-order valence-corrected chi connectivity index (χ2v) is 6.17. The molecule has 0 amide bonds. The third kappa shape index (κ3) is 2.69. The summed E-state index contributed by atoms with van der Waals surface area (Å²) in [4.78, 5) is 4.74. The van der Waals surface area contributed by atoms with Crippen LogP contribution in [0.1, 0.15) is 5.69 Å². The van der Waals surface area contributed by atoms with Gasteiger partial charge in [-0.15, -0.1) is 11.3 Å². The molecule has 0 fully saturated rings. The summed E-state index contributed by atoms with van der Waals surface area (Å²) in [5.41, 5.74) is 5.29. The van der Waals surface area contributed by atoms with Crippen molar-refractivity contribution >= 4 is 11.3 Å². The molecule has 0 unspecified atom stereocenters. The Morgan fingerprint density at radius 3 is 2.09 bits per heavy atom. The minimum absolute atomic E-state index is 0.892. The summed E-state index contributed by atoms with van der Waals surface area (Å²) in [6, 6.07) is 22.5. The normalized spacial score (nSPS) is 10.8. The third-order valence-corrected chi connectivity index (χ3v) is 4.52.